The average molecular weight is 1060 g/mol. The van der Waals surface area contributed by atoms with Crippen LogP contribution in [0.25, 0.3) is 11.1 Å². The monoisotopic (exact) mass is 1050 g/mol. The van der Waals surface area contributed by atoms with Crippen molar-refractivity contribution in [3.05, 3.63) is 188 Å². The number of hydrogen-bond donors (Lipinski definition) is 0. The van der Waals surface area contributed by atoms with Crippen LogP contribution in [0.4, 0.5) is 0 Å². The molecule has 0 heterocycles. The van der Waals surface area contributed by atoms with Crippen molar-refractivity contribution in [2.45, 2.75) is 94.9 Å². The van der Waals surface area contributed by atoms with E-state index in [1.807, 2.05) is 81.4 Å². The third-order valence-corrected chi connectivity index (χ3v) is 13.5. The summed E-state index contributed by atoms with van der Waals surface area (Å²) < 4.78 is 66.5. The summed E-state index contributed by atoms with van der Waals surface area (Å²) in [7, 11) is 0. The Kier molecular flexibility index (Phi) is 19.9. The van der Waals surface area contributed by atoms with Gasteiger partial charge in [0.2, 0.25) is 0 Å². The van der Waals surface area contributed by atoms with E-state index in [1.165, 1.54) is 0 Å². The minimum atomic E-state index is 0.412. The second kappa shape index (κ2) is 27.5. The highest BCUT2D eigenvalue weighted by atomic mass is 16.5. The second-order valence-electron chi connectivity index (χ2n) is 18.6. The Bertz CT molecular complexity index is 2930. The largest absolute Gasteiger partial charge is 0.494 e. The molecule has 10 aliphatic carbocycles. The molecule has 7 aromatic carbocycles. The average Bonchev–Trinajstić information content (AvgIpc) is 3.49. The van der Waals surface area contributed by atoms with Gasteiger partial charge >= 0.3 is 0 Å². The molecule has 0 amide bonds. The topological polar surface area (TPSA) is 92.3 Å². The predicted molar refractivity (Wildman–Crippen MR) is 313 cm³/mol. The van der Waals surface area contributed by atoms with Crippen LogP contribution in [0.2, 0.25) is 0 Å². The molecule has 0 radical (unpaired) electrons. The van der Waals surface area contributed by atoms with Crippen molar-refractivity contribution < 1.29 is 47.4 Å². The van der Waals surface area contributed by atoms with Gasteiger partial charge in [-0.1, -0.05) is 60.7 Å². The molecule has 7 aromatic rings. The van der Waals surface area contributed by atoms with Crippen LogP contribution in [0, 0.1) is 0 Å². The molecule has 0 saturated carbocycles. The zero-order chi connectivity index (χ0) is 55.0. The van der Waals surface area contributed by atoms with Gasteiger partial charge in [-0.15, -0.1) is 0 Å². The molecule has 10 bridgehead atoms. The van der Waals surface area contributed by atoms with Gasteiger partial charge in [0.25, 0.3) is 0 Å². The molecule has 0 N–H and O–H groups in total. The Labute approximate surface area is 463 Å². The molecule has 10 nitrogen and oxygen atoms in total. The normalized spacial score (nSPS) is 12.0. The van der Waals surface area contributed by atoms with E-state index < -0.39 is 0 Å². The van der Waals surface area contributed by atoms with E-state index in [4.69, 9.17) is 47.4 Å². The molecule has 0 unspecified atom stereocenters. The molecule has 0 aliphatic heterocycles. The Morgan fingerprint density at radius 3 is 0.667 bits per heavy atom. The smallest absolute Gasteiger partial charge is 0.127 e. The first-order valence-corrected chi connectivity index (χ1v) is 28.2. The van der Waals surface area contributed by atoms with Gasteiger partial charge in [-0.3, -0.25) is 0 Å². The van der Waals surface area contributed by atoms with Crippen LogP contribution in [0.1, 0.15) is 136 Å². The predicted octanol–water partition coefficient (Wildman–Crippen LogP) is 15.4. The molecule has 0 spiro atoms. The maximum absolute atomic E-state index is 6.85. The Morgan fingerprint density at radius 2 is 0.449 bits per heavy atom. The third-order valence-electron chi connectivity index (χ3n) is 13.5. The summed E-state index contributed by atoms with van der Waals surface area (Å²) >= 11 is 0. The standard InChI is InChI=1S/C68H78O10/c1-11-69-57-35-48-32-50-38-62(74-16-6)52(40-60(50)72-14-4)34-54-42-66(78-20-10)56(44-64(54)76-18-8)68(67(45-27-23-21-24-28-45)46-29-25-22-26-30-46)55-43-63(75-17-7)53(41-65(55)77-19-9)33-51-39-59(71-13-3)49(37-61(51)73-15-5)31-47(57)36-58(48)70-12-2/h21-30,35-44H,11-20,31-34H2,1-10H3. The van der Waals surface area contributed by atoms with E-state index in [9.17, 15) is 0 Å². The maximum Gasteiger partial charge on any atom is 0.127 e. The fourth-order valence-electron chi connectivity index (χ4n) is 10.4. The van der Waals surface area contributed by atoms with Crippen LogP contribution in [0.5, 0.6) is 57.5 Å². The van der Waals surface area contributed by atoms with E-state index in [-0.39, 0.29) is 0 Å². The van der Waals surface area contributed by atoms with E-state index in [0.717, 1.165) is 112 Å². The lowest BCUT2D eigenvalue weighted by atomic mass is 9.83. The highest BCUT2D eigenvalue weighted by Gasteiger charge is 2.28. The van der Waals surface area contributed by atoms with Crippen molar-refractivity contribution in [3.63, 3.8) is 0 Å². The molecular weight excluding hydrogens is 977 g/mol. The van der Waals surface area contributed by atoms with Crippen LogP contribution >= 0.6 is 0 Å². The number of ether oxygens (including phenoxy) is 10. The molecule has 10 aliphatic rings. The highest BCUT2D eigenvalue weighted by molar-refractivity contribution is 6.07. The molecule has 78 heavy (non-hydrogen) atoms. The first kappa shape index (κ1) is 56.5. The summed E-state index contributed by atoms with van der Waals surface area (Å²) in [6, 6.07) is 42.4. The van der Waals surface area contributed by atoms with E-state index in [0.29, 0.717) is 115 Å². The summed E-state index contributed by atoms with van der Waals surface area (Å²) in [6.07, 6.45) is 1.92. The van der Waals surface area contributed by atoms with E-state index in [2.05, 4.69) is 109 Å². The van der Waals surface area contributed by atoms with Gasteiger partial charge in [0, 0.05) is 86.9 Å². The zero-order valence-electron chi connectivity index (χ0n) is 47.5. The van der Waals surface area contributed by atoms with Crippen molar-refractivity contribution in [2.24, 2.45) is 0 Å². The minimum Gasteiger partial charge on any atom is -0.494 e. The molecule has 17 rings (SSSR count). The van der Waals surface area contributed by atoms with Crippen LogP contribution in [-0.2, 0) is 25.7 Å². The van der Waals surface area contributed by atoms with Gasteiger partial charge < -0.3 is 47.4 Å². The lowest BCUT2D eigenvalue weighted by molar-refractivity contribution is 0.320. The van der Waals surface area contributed by atoms with Crippen molar-refractivity contribution >= 4 is 11.1 Å². The zero-order valence-corrected chi connectivity index (χ0v) is 47.5. The summed E-state index contributed by atoms with van der Waals surface area (Å²) in [5, 5.41) is 0. The number of benzene rings is 7. The van der Waals surface area contributed by atoms with Crippen LogP contribution < -0.4 is 47.4 Å². The van der Waals surface area contributed by atoms with Gasteiger partial charge in [-0.2, -0.15) is 0 Å². The molecule has 0 fully saturated rings. The molecule has 0 atom stereocenters. The van der Waals surface area contributed by atoms with Crippen molar-refractivity contribution in [1.82, 2.24) is 0 Å². The van der Waals surface area contributed by atoms with Crippen molar-refractivity contribution in [3.8, 4) is 57.5 Å². The van der Waals surface area contributed by atoms with Crippen molar-refractivity contribution in [2.75, 3.05) is 66.1 Å². The first-order chi connectivity index (χ1) is 38.2. The Morgan fingerprint density at radius 1 is 0.256 bits per heavy atom. The minimum absolute atomic E-state index is 0.412. The SMILES string of the molecule is CCOc1cc2c(OCC)cc1Cc1cc(OCC)c(cc1OCC)Cc1cc(OCC)c(cc1OCC)C(=C(c1ccccc1)c1ccccc1)c1cc(OCC)c(cc1OCC)Cc1cc(OCC)c(cc1OCC)C2. The fraction of sp³-hybridized carbons (Fsp3) is 0.353. The summed E-state index contributed by atoms with van der Waals surface area (Å²) in [4.78, 5) is 0. The first-order valence-electron chi connectivity index (χ1n) is 28.2. The van der Waals surface area contributed by atoms with Crippen LogP contribution in [0.15, 0.2) is 121 Å². The summed E-state index contributed by atoms with van der Waals surface area (Å²) in [5.74, 6) is 7.36. The highest BCUT2D eigenvalue weighted by Crippen LogP contribution is 2.49. The molecule has 410 valence electrons. The fourth-order valence-corrected chi connectivity index (χ4v) is 10.4. The molecule has 0 saturated heterocycles. The number of hydrogen-bond acceptors (Lipinski definition) is 10. The molecule has 0 aromatic heterocycles. The van der Waals surface area contributed by atoms with Gasteiger partial charge in [0.15, 0.2) is 0 Å². The van der Waals surface area contributed by atoms with Gasteiger partial charge in [-0.25, -0.2) is 0 Å². The van der Waals surface area contributed by atoms with E-state index in [1.54, 1.807) is 0 Å². The quantitative estimate of drug-likeness (QED) is 0.0653. The summed E-state index contributed by atoms with van der Waals surface area (Å²) in [5.41, 5.74) is 13.2. The van der Waals surface area contributed by atoms with Crippen molar-refractivity contribution in [1.29, 1.82) is 0 Å². The Hall–Kier alpha value is -7.72. The van der Waals surface area contributed by atoms with Crippen LogP contribution in [0.3, 0.4) is 0 Å². The molecular formula is C68H78O10. The molecule has 10 heteroatoms. The second-order valence-corrected chi connectivity index (χ2v) is 18.6. The third kappa shape index (κ3) is 13.0. The number of rotatable bonds is 22. The lowest BCUT2D eigenvalue weighted by Gasteiger charge is -2.25. The van der Waals surface area contributed by atoms with Gasteiger partial charge in [0.1, 0.15) is 57.5 Å². The van der Waals surface area contributed by atoms with Gasteiger partial charge in [0.05, 0.1) is 66.1 Å². The van der Waals surface area contributed by atoms with Crippen LogP contribution in [-0.4, -0.2) is 66.1 Å². The Balaban J connectivity index is 1.53. The van der Waals surface area contributed by atoms with Gasteiger partial charge in [-0.05, 0) is 147 Å². The lowest BCUT2D eigenvalue weighted by Crippen LogP contribution is -2.09. The maximum atomic E-state index is 6.85. The van der Waals surface area contributed by atoms with E-state index >= 15 is 0 Å². The summed E-state index contributed by atoms with van der Waals surface area (Å²) in [6.45, 7) is 24.7.